The Hall–Kier alpha value is -0.540. The Balaban J connectivity index is 2.52. The van der Waals surface area contributed by atoms with E-state index >= 15 is 0 Å². The van der Waals surface area contributed by atoms with Crippen molar-refractivity contribution >= 4 is 15.9 Å². The van der Waals surface area contributed by atoms with Gasteiger partial charge in [0.05, 0.1) is 13.2 Å². The number of unbranched alkanes of at least 4 members (excludes halogenated alkanes) is 2. The Morgan fingerprint density at radius 2 is 2.13 bits per heavy atom. The summed E-state index contributed by atoms with van der Waals surface area (Å²) in [5.74, 6) is 0.789. The van der Waals surface area contributed by atoms with Gasteiger partial charge in [-0.05, 0) is 24.6 Å². The van der Waals surface area contributed by atoms with Crippen molar-refractivity contribution in [2.45, 2.75) is 32.8 Å². The van der Waals surface area contributed by atoms with Crippen LogP contribution in [0.1, 0.15) is 31.7 Å². The number of rotatable bonds is 6. The summed E-state index contributed by atoms with van der Waals surface area (Å²) in [6.07, 6.45) is 3.44. The molecule has 0 aliphatic carbocycles. The number of aliphatic hydroxyl groups excluding tert-OH is 1. The predicted molar refractivity (Wildman–Crippen MR) is 65.1 cm³/mol. The lowest BCUT2D eigenvalue weighted by Gasteiger charge is -2.10. The minimum absolute atomic E-state index is 0.0164. The van der Waals surface area contributed by atoms with E-state index < -0.39 is 0 Å². The summed E-state index contributed by atoms with van der Waals surface area (Å²) in [5.41, 5.74) is 0.834. The number of halogens is 1. The molecule has 0 atom stereocenters. The average molecular weight is 273 g/mol. The third kappa shape index (κ3) is 4.22. The third-order valence-corrected chi connectivity index (χ3v) is 2.69. The van der Waals surface area contributed by atoms with Crippen molar-refractivity contribution in [2.24, 2.45) is 0 Å². The molecule has 0 aliphatic rings. The average Bonchev–Trinajstić information content (AvgIpc) is 2.26. The van der Waals surface area contributed by atoms with Crippen molar-refractivity contribution in [3.05, 3.63) is 28.2 Å². The molecule has 0 saturated heterocycles. The van der Waals surface area contributed by atoms with Gasteiger partial charge in [0.2, 0.25) is 0 Å². The molecule has 2 nitrogen and oxygen atoms in total. The zero-order valence-electron chi connectivity index (χ0n) is 9.00. The molecule has 1 aromatic rings. The highest BCUT2D eigenvalue weighted by molar-refractivity contribution is 9.10. The molecule has 0 spiro atoms. The molecule has 1 rings (SSSR count). The molecule has 15 heavy (non-hydrogen) atoms. The standard InChI is InChI=1S/C12H17BrO2/c1-2-3-4-7-15-12-6-5-11(13)8-10(12)9-14/h5-6,8,14H,2-4,7,9H2,1H3. The van der Waals surface area contributed by atoms with Gasteiger partial charge in [-0.3, -0.25) is 0 Å². The number of hydrogen-bond donors (Lipinski definition) is 1. The van der Waals surface area contributed by atoms with Crippen LogP contribution in [-0.2, 0) is 6.61 Å². The van der Waals surface area contributed by atoms with Crippen LogP contribution in [0.15, 0.2) is 22.7 Å². The van der Waals surface area contributed by atoms with Crippen molar-refractivity contribution in [3.63, 3.8) is 0 Å². The first-order chi connectivity index (χ1) is 7.27. The fourth-order valence-corrected chi connectivity index (χ4v) is 1.76. The fraction of sp³-hybridized carbons (Fsp3) is 0.500. The Kier molecular flexibility index (Phi) is 5.73. The van der Waals surface area contributed by atoms with Gasteiger partial charge < -0.3 is 9.84 Å². The largest absolute Gasteiger partial charge is 0.493 e. The van der Waals surface area contributed by atoms with Gasteiger partial charge in [-0.15, -0.1) is 0 Å². The molecule has 84 valence electrons. The second-order valence-electron chi connectivity index (χ2n) is 3.47. The molecular weight excluding hydrogens is 256 g/mol. The lowest BCUT2D eigenvalue weighted by Crippen LogP contribution is -2.00. The van der Waals surface area contributed by atoms with Crippen LogP contribution in [0.2, 0.25) is 0 Å². The smallest absolute Gasteiger partial charge is 0.124 e. The van der Waals surface area contributed by atoms with E-state index in [1.165, 1.54) is 12.8 Å². The van der Waals surface area contributed by atoms with E-state index in [4.69, 9.17) is 9.84 Å². The van der Waals surface area contributed by atoms with Gasteiger partial charge >= 0.3 is 0 Å². The van der Waals surface area contributed by atoms with Crippen LogP contribution in [0.4, 0.5) is 0 Å². The highest BCUT2D eigenvalue weighted by Crippen LogP contribution is 2.23. The highest BCUT2D eigenvalue weighted by atomic mass is 79.9. The molecule has 0 bridgehead atoms. The summed E-state index contributed by atoms with van der Waals surface area (Å²) in [7, 11) is 0. The lowest BCUT2D eigenvalue weighted by atomic mass is 10.2. The zero-order valence-corrected chi connectivity index (χ0v) is 10.6. The first-order valence-electron chi connectivity index (χ1n) is 5.30. The maximum atomic E-state index is 9.14. The van der Waals surface area contributed by atoms with Crippen molar-refractivity contribution in [2.75, 3.05) is 6.61 Å². The van der Waals surface area contributed by atoms with E-state index in [9.17, 15) is 0 Å². The van der Waals surface area contributed by atoms with Gasteiger partial charge in [-0.2, -0.15) is 0 Å². The molecular formula is C12H17BrO2. The van der Waals surface area contributed by atoms with E-state index in [2.05, 4.69) is 22.9 Å². The minimum atomic E-state index is 0.0164. The van der Waals surface area contributed by atoms with E-state index in [0.29, 0.717) is 0 Å². The molecule has 0 amide bonds. The van der Waals surface area contributed by atoms with Crippen molar-refractivity contribution in [1.29, 1.82) is 0 Å². The molecule has 0 heterocycles. The van der Waals surface area contributed by atoms with E-state index in [1.54, 1.807) is 0 Å². The van der Waals surface area contributed by atoms with Gasteiger partial charge in [0.1, 0.15) is 5.75 Å². The molecule has 0 fully saturated rings. The number of hydrogen-bond acceptors (Lipinski definition) is 2. The van der Waals surface area contributed by atoms with Crippen LogP contribution < -0.4 is 4.74 Å². The second-order valence-corrected chi connectivity index (χ2v) is 4.38. The Labute approximate surface area is 99.4 Å². The van der Waals surface area contributed by atoms with E-state index in [-0.39, 0.29) is 6.61 Å². The predicted octanol–water partition coefficient (Wildman–Crippen LogP) is 3.51. The van der Waals surface area contributed by atoms with E-state index in [1.807, 2.05) is 18.2 Å². The summed E-state index contributed by atoms with van der Waals surface area (Å²) < 4.78 is 6.57. The monoisotopic (exact) mass is 272 g/mol. The fourth-order valence-electron chi connectivity index (χ4n) is 1.35. The summed E-state index contributed by atoms with van der Waals surface area (Å²) in [6, 6.07) is 5.70. The summed E-state index contributed by atoms with van der Waals surface area (Å²) in [5, 5.41) is 9.14. The molecule has 0 saturated carbocycles. The minimum Gasteiger partial charge on any atom is -0.493 e. The van der Waals surface area contributed by atoms with Gasteiger partial charge in [0.15, 0.2) is 0 Å². The normalized spacial score (nSPS) is 10.3. The molecule has 0 aliphatic heterocycles. The lowest BCUT2D eigenvalue weighted by molar-refractivity contribution is 0.260. The second kappa shape index (κ2) is 6.85. The molecule has 0 aromatic heterocycles. The van der Waals surface area contributed by atoms with Crippen molar-refractivity contribution in [3.8, 4) is 5.75 Å². The molecule has 0 radical (unpaired) electrons. The first kappa shape index (κ1) is 12.5. The maximum Gasteiger partial charge on any atom is 0.124 e. The Morgan fingerprint density at radius 1 is 1.33 bits per heavy atom. The van der Waals surface area contributed by atoms with Gasteiger partial charge in [-0.25, -0.2) is 0 Å². The van der Waals surface area contributed by atoms with Crippen LogP contribution in [0.25, 0.3) is 0 Å². The number of benzene rings is 1. The maximum absolute atomic E-state index is 9.14. The van der Waals surface area contributed by atoms with Gasteiger partial charge in [0, 0.05) is 10.0 Å². The Morgan fingerprint density at radius 3 is 2.80 bits per heavy atom. The summed E-state index contributed by atoms with van der Waals surface area (Å²) >= 11 is 3.36. The molecule has 3 heteroatoms. The summed E-state index contributed by atoms with van der Waals surface area (Å²) in [6.45, 7) is 2.91. The summed E-state index contributed by atoms with van der Waals surface area (Å²) in [4.78, 5) is 0. The molecule has 1 N–H and O–H groups in total. The molecule has 0 unspecified atom stereocenters. The van der Waals surface area contributed by atoms with Gasteiger partial charge in [0.25, 0.3) is 0 Å². The van der Waals surface area contributed by atoms with Crippen LogP contribution >= 0.6 is 15.9 Å². The van der Waals surface area contributed by atoms with Gasteiger partial charge in [-0.1, -0.05) is 35.7 Å². The third-order valence-electron chi connectivity index (χ3n) is 2.20. The quantitative estimate of drug-likeness (QED) is 0.804. The van der Waals surface area contributed by atoms with Crippen molar-refractivity contribution < 1.29 is 9.84 Å². The van der Waals surface area contributed by atoms with Crippen LogP contribution in [0.5, 0.6) is 5.75 Å². The zero-order chi connectivity index (χ0) is 11.1. The molecule has 1 aromatic carbocycles. The Bertz CT molecular complexity index is 300. The number of ether oxygens (including phenoxy) is 1. The SMILES string of the molecule is CCCCCOc1ccc(Br)cc1CO. The van der Waals surface area contributed by atoms with E-state index in [0.717, 1.165) is 28.8 Å². The highest BCUT2D eigenvalue weighted by Gasteiger charge is 2.02. The van der Waals surface area contributed by atoms with Crippen molar-refractivity contribution in [1.82, 2.24) is 0 Å². The topological polar surface area (TPSA) is 29.5 Å². The van der Waals surface area contributed by atoms with Crippen LogP contribution in [0, 0.1) is 0 Å². The van der Waals surface area contributed by atoms with Crippen LogP contribution in [0.3, 0.4) is 0 Å². The first-order valence-corrected chi connectivity index (χ1v) is 6.09. The van der Waals surface area contributed by atoms with Crippen LogP contribution in [-0.4, -0.2) is 11.7 Å². The number of aliphatic hydroxyl groups is 1.